The summed E-state index contributed by atoms with van der Waals surface area (Å²) in [5.41, 5.74) is 0.793. The molecular weight excluding hydrogens is 223 g/mol. The number of rotatable bonds is 1. The predicted molar refractivity (Wildman–Crippen MR) is 52.3 cm³/mol. The minimum Gasteiger partial charge on any atom is -0.508 e. The molecule has 1 aromatic rings. The molecule has 16 heavy (non-hydrogen) atoms. The molecule has 1 rings (SSSR count). The quantitative estimate of drug-likeness (QED) is 0.732. The summed E-state index contributed by atoms with van der Waals surface area (Å²) in [6.07, 6.45) is -4.92. The van der Waals surface area contributed by atoms with Crippen LogP contribution in [0.2, 0.25) is 0 Å². The summed E-state index contributed by atoms with van der Waals surface area (Å²) in [5, 5.41) is 11.0. The monoisotopic (exact) mass is 233 g/mol. The van der Waals surface area contributed by atoms with Crippen molar-refractivity contribution in [3.05, 3.63) is 23.3 Å². The molecule has 0 radical (unpaired) electrons. The molecule has 1 amide bonds. The van der Waals surface area contributed by atoms with Crippen LogP contribution in [-0.2, 0) is 4.79 Å². The maximum Gasteiger partial charge on any atom is 0.471 e. The molecule has 0 heterocycles. The number of hydrogen-bond donors (Lipinski definition) is 2. The summed E-state index contributed by atoms with van der Waals surface area (Å²) in [7, 11) is 0. The topological polar surface area (TPSA) is 49.3 Å². The molecule has 0 aromatic heterocycles. The molecular formula is C10H10F3NO2. The molecule has 0 aliphatic heterocycles. The number of amides is 1. The minimum atomic E-state index is -4.92. The fourth-order valence-corrected chi connectivity index (χ4v) is 1.13. The molecule has 3 nitrogen and oxygen atoms in total. The van der Waals surface area contributed by atoms with Crippen molar-refractivity contribution in [2.75, 3.05) is 5.32 Å². The molecule has 1 aromatic carbocycles. The third kappa shape index (κ3) is 2.65. The van der Waals surface area contributed by atoms with Crippen LogP contribution in [0.25, 0.3) is 0 Å². The first-order valence-electron chi connectivity index (χ1n) is 4.40. The Morgan fingerprint density at radius 1 is 1.25 bits per heavy atom. The number of carbonyl (C=O) groups is 1. The third-order valence-electron chi connectivity index (χ3n) is 2.05. The molecule has 0 saturated heterocycles. The third-order valence-corrected chi connectivity index (χ3v) is 2.05. The lowest BCUT2D eigenvalue weighted by atomic mass is 10.1. The maximum atomic E-state index is 12.0. The van der Waals surface area contributed by atoms with Crippen LogP contribution in [-0.4, -0.2) is 17.2 Å². The van der Waals surface area contributed by atoms with E-state index in [-0.39, 0.29) is 11.4 Å². The Labute approximate surface area is 89.9 Å². The standard InChI is InChI=1S/C10H10F3NO2/c1-5-4-8(15)6(2)3-7(5)14-9(16)10(11,12)13/h3-4,15H,1-2H3,(H,14,16). The van der Waals surface area contributed by atoms with Crippen LogP contribution in [0, 0.1) is 13.8 Å². The van der Waals surface area contributed by atoms with Gasteiger partial charge >= 0.3 is 12.1 Å². The van der Waals surface area contributed by atoms with Crippen LogP contribution < -0.4 is 5.32 Å². The average molecular weight is 233 g/mol. The van der Waals surface area contributed by atoms with Crippen LogP contribution in [0.5, 0.6) is 5.75 Å². The average Bonchev–Trinajstić information content (AvgIpc) is 2.12. The second kappa shape index (κ2) is 4.03. The smallest absolute Gasteiger partial charge is 0.471 e. The van der Waals surface area contributed by atoms with E-state index in [2.05, 4.69) is 0 Å². The predicted octanol–water partition coefficient (Wildman–Crippen LogP) is 2.51. The van der Waals surface area contributed by atoms with Crippen molar-refractivity contribution in [1.29, 1.82) is 0 Å². The van der Waals surface area contributed by atoms with Gasteiger partial charge in [-0.05, 0) is 37.1 Å². The fourth-order valence-electron chi connectivity index (χ4n) is 1.13. The highest BCUT2D eigenvalue weighted by Crippen LogP contribution is 2.26. The molecule has 0 unspecified atom stereocenters. The van der Waals surface area contributed by atoms with E-state index in [1.54, 1.807) is 5.32 Å². The van der Waals surface area contributed by atoms with Crippen molar-refractivity contribution in [2.45, 2.75) is 20.0 Å². The van der Waals surface area contributed by atoms with Crippen LogP contribution in [0.4, 0.5) is 18.9 Å². The van der Waals surface area contributed by atoms with Crippen molar-refractivity contribution in [1.82, 2.24) is 0 Å². The van der Waals surface area contributed by atoms with Gasteiger partial charge in [0, 0.05) is 5.69 Å². The van der Waals surface area contributed by atoms with Gasteiger partial charge in [-0.2, -0.15) is 13.2 Å². The van der Waals surface area contributed by atoms with E-state index in [1.807, 2.05) is 0 Å². The molecule has 0 bridgehead atoms. The van der Waals surface area contributed by atoms with Crippen LogP contribution in [0.3, 0.4) is 0 Å². The number of carbonyl (C=O) groups excluding carboxylic acids is 1. The highest BCUT2D eigenvalue weighted by molar-refractivity contribution is 5.95. The van der Waals surface area contributed by atoms with Gasteiger partial charge in [-0.3, -0.25) is 4.79 Å². The Kier molecular flexibility index (Phi) is 3.11. The van der Waals surface area contributed by atoms with Crippen molar-refractivity contribution >= 4 is 11.6 Å². The summed E-state index contributed by atoms with van der Waals surface area (Å²) in [4.78, 5) is 10.7. The van der Waals surface area contributed by atoms with Gasteiger partial charge in [0.1, 0.15) is 5.75 Å². The number of benzene rings is 1. The first-order valence-corrected chi connectivity index (χ1v) is 4.40. The molecule has 2 N–H and O–H groups in total. The second-order valence-electron chi connectivity index (χ2n) is 3.41. The van der Waals surface area contributed by atoms with Gasteiger partial charge in [-0.15, -0.1) is 0 Å². The molecule has 0 spiro atoms. The van der Waals surface area contributed by atoms with Gasteiger partial charge in [0.05, 0.1) is 0 Å². The van der Waals surface area contributed by atoms with E-state index in [0.29, 0.717) is 11.1 Å². The first kappa shape index (κ1) is 12.4. The zero-order valence-corrected chi connectivity index (χ0v) is 8.64. The summed E-state index contributed by atoms with van der Waals surface area (Å²) >= 11 is 0. The molecule has 0 saturated carbocycles. The van der Waals surface area contributed by atoms with E-state index in [9.17, 15) is 23.1 Å². The molecule has 88 valence electrons. The van der Waals surface area contributed by atoms with E-state index in [4.69, 9.17) is 0 Å². The number of alkyl halides is 3. The van der Waals surface area contributed by atoms with Gasteiger partial charge in [0.2, 0.25) is 0 Å². The molecule has 0 aliphatic carbocycles. The normalized spacial score (nSPS) is 11.3. The fraction of sp³-hybridized carbons (Fsp3) is 0.300. The van der Waals surface area contributed by atoms with Gasteiger partial charge in [-0.25, -0.2) is 0 Å². The first-order chi connectivity index (χ1) is 7.21. The second-order valence-corrected chi connectivity index (χ2v) is 3.41. The largest absolute Gasteiger partial charge is 0.508 e. The van der Waals surface area contributed by atoms with Gasteiger partial charge in [-0.1, -0.05) is 0 Å². The minimum absolute atomic E-state index is 0.0255. The highest BCUT2D eigenvalue weighted by atomic mass is 19.4. The SMILES string of the molecule is Cc1cc(NC(=O)C(F)(F)F)c(C)cc1O. The lowest BCUT2D eigenvalue weighted by Crippen LogP contribution is -2.30. The maximum absolute atomic E-state index is 12.0. The molecule has 0 fully saturated rings. The summed E-state index contributed by atoms with van der Waals surface area (Å²) in [5.74, 6) is -2.05. The number of aryl methyl sites for hydroxylation is 2. The highest BCUT2D eigenvalue weighted by Gasteiger charge is 2.38. The lowest BCUT2D eigenvalue weighted by molar-refractivity contribution is -0.167. The number of aromatic hydroxyl groups is 1. The van der Waals surface area contributed by atoms with E-state index in [0.717, 1.165) is 0 Å². The number of halogens is 3. The Bertz CT molecular complexity index is 427. The Balaban J connectivity index is 2.99. The summed E-state index contributed by atoms with van der Waals surface area (Å²) < 4.78 is 36.0. The van der Waals surface area contributed by atoms with Crippen molar-refractivity contribution in [3.63, 3.8) is 0 Å². The number of phenolic OH excluding ortho intramolecular Hbond substituents is 1. The Morgan fingerprint density at radius 3 is 2.31 bits per heavy atom. The number of nitrogens with one attached hydrogen (secondary N) is 1. The van der Waals surface area contributed by atoms with Crippen LogP contribution >= 0.6 is 0 Å². The zero-order valence-electron chi connectivity index (χ0n) is 8.64. The van der Waals surface area contributed by atoms with Crippen molar-refractivity contribution < 1.29 is 23.1 Å². The van der Waals surface area contributed by atoms with Gasteiger partial charge < -0.3 is 10.4 Å². The number of anilines is 1. The summed E-state index contributed by atoms with van der Waals surface area (Å²) in [6, 6.07) is 2.58. The zero-order chi connectivity index (χ0) is 12.5. The van der Waals surface area contributed by atoms with Crippen LogP contribution in [0.1, 0.15) is 11.1 Å². The molecule has 6 heteroatoms. The van der Waals surface area contributed by atoms with E-state index in [1.165, 1.54) is 26.0 Å². The Hall–Kier alpha value is -1.72. The Morgan fingerprint density at radius 2 is 1.81 bits per heavy atom. The van der Waals surface area contributed by atoms with Crippen LogP contribution in [0.15, 0.2) is 12.1 Å². The van der Waals surface area contributed by atoms with Gasteiger partial charge in [0.15, 0.2) is 0 Å². The lowest BCUT2D eigenvalue weighted by Gasteiger charge is -2.11. The van der Waals surface area contributed by atoms with Crippen molar-refractivity contribution in [2.24, 2.45) is 0 Å². The summed E-state index contributed by atoms with van der Waals surface area (Å²) in [6.45, 7) is 3.02. The number of hydrogen-bond acceptors (Lipinski definition) is 2. The van der Waals surface area contributed by atoms with Crippen molar-refractivity contribution in [3.8, 4) is 5.75 Å². The van der Waals surface area contributed by atoms with Gasteiger partial charge in [0.25, 0.3) is 0 Å². The number of phenols is 1. The van der Waals surface area contributed by atoms with E-state index >= 15 is 0 Å². The molecule has 0 atom stereocenters. The molecule has 0 aliphatic rings. The van der Waals surface area contributed by atoms with E-state index < -0.39 is 12.1 Å².